The Kier molecular flexibility index (Phi) is 4.31. The molecule has 122 valence electrons. The average molecular weight is 296 g/mol. The largest absolute Gasteiger partial charge is 0.444 e. The van der Waals surface area contributed by atoms with Crippen molar-refractivity contribution in [2.75, 3.05) is 19.6 Å². The lowest BCUT2D eigenvalue weighted by Crippen LogP contribution is -2.46. The molecular formula is C17H32N2O2. The molecule has 2 aliphatic rings. The summed E-state index contributed by atoms with van der Waals surface area (Å²) in [5, 5.41) is 0. The van der Waals surface area contributed by atoms with Crippen molar-refractivity contribution in [1.82, 2.24) is 4.90 Å². The van der Waals surface area contributed by atoms with Gasteiger partial charge in [0.25, 0.3) is 0 Å². The van der Waals surface area contributed by atoms with Gasteiger partial charge in [0.1, 0.15) is 5.60 Å². The second-order valence-corrected chi connectivity index (χ2v) is 8.55. The maximum absolute atomic E-state index is 12.2. The number of piperidine rings is 1. The number of likely N-dealkylation sites (tertiary alicyclic amines) is 1. The molecule has 4 heteroatoms. The van der Waals surface area contributed by atoms with Gasteiger partial charge in [0.15, 0.2) is 0 Å². The molecule has 0 aromatic heterocycles. The lowest BCUT2D eigenvalue weighted by atomic mass is 9.80. The van der Waals surface area contributed by atoms with Crippen molar-refractivity contribution in [3.8, 4) is 0 Å². The van der Waals surface area contributed by atoms with Crippen LogP contribution in [0.25, 0.3) is 0 Å². The molecule has 0 radical (unpaired) electrons. The monoisotopic (exact) mass is 296 g/mol. The first kappa shape index (κ1) is 16.6. The van der Waals surface area contributed by atoms with Crippen molar-refractivity contribution < 1.29 is 9.53 Å². The molecule has 4 nitrogen and oxygen atoms in total. The number of rotatable bonds is 2. The number of carbonyl (C=O) groups excluding carboxylic acids is 1. The van der Waals surface area contributed by atoms with Crippen molar-refractivity contribution in [3.05, 3.63) is 0 Å². The predicted molar refractivity (Wildman–Crippen MR) is 84.9 cm³/mol. The van der Waals surface area contributed by atoms with E-state index in [2.05, 4.69) is 20.8 Å². The van der Waals surface area contributed by atoms with E-state index < -0.39 is 5.60 Å². The summed E-state index contributed by atoms with van der Waals surface area (Å²) >= 11 is 0. The summed E-state index contributed by atoms with van der Waals surface area (Å²) in [7, 11) is 0. The molecule has 2 fully saturated rings. The van der Waals surface area contributed by atoms with E-state index in [-0.39, 0.29) is 6.09 Å². The summed E-state index contributed by atoms with van der Waals surface area (Å²) in [6, 6.07) is 0. The van der Waals surface area contributed by atoms with E-state index >= 15 is 0 Å². The third-order valence-corrected chi connectivity index (χ3v) is 5.48. The molecule has 1 aliphatic carbocycles. The van der Waals surface area contributed by atoms with Gasteiger partial charge in [-0.05, 0) is 62.8 Å². The standard InChI is InChI=1S/C17H32N2O2/c1-11-10-19(15(20)21-16(2,3)4)8-7-12(11)14-13(9-18)17(14,5)6/h11-14H,7-10,18H2,1-6H3. The van der Waals surface area contributed by atoms with Gasteiger partial charge >= 0.3 is 6.09 Å². The number of nitrogens with zero attached hydrogens (tertiary/aromatic N) is 1. The highest BCUT2D eigenvalue weighted by Crippen LogP contribution is 2.63. The van der Waals surface area contributed by atoms with Crippen LogP contribution >= 0.6 is 0 Å². The minimum atomic E-state index is -0.416. The maximum atomic E-state index is 12.2. The third-order valence-electron chi connectivity index (χ3n) is 5.48. The Labute approximate surface area is 129 Å². The zero-order valence-corrected chi connectivity index (χ0v) is 14.5. The Morgan fingerprint density at radius 3 is 2.43 bits per heavy atom. The molecule has 0 aromatic carbocycles. The molecule has 0 aromatic rings. The van der Waals surface area contributed by atoms with Crippen LogP contribution < -0.4 is 5.73 Å². The van der Waals surface area contributed by atoms with Crippen LogP contribution in [0.15, 0.2) is 0 Å². The van der Waals surface area contributed by atoms with Gasteiger partial charge in [-0.15, -0.1) is 0 Å². The summed E-state index contributed by atoms with van der Waals surface area (Å²) in [6.45, 7) is 15.1. The molecule has 1 aliphatic heterocycles. The first-order valence-corrected chi connectivity index (χ1v) is 8.26. The van der Waals surface area contributed by atoms with Crippen LogP contribution in [0.1, 0.15) is 48.0 Å². The fourth-order valence-corrected chi connectivity index (χ4v) is 4.28. The Hall–Kier alpha value is -0.770. The second-order valence-electron chi connectivity index (χ2n) is 8.55. The molecule has 4 atom stereocenters. The van der Waals surface area contributed by atoms with Crippen molar-refractivity contribution in [1.29, 1.82) is 0 Å². The molecular weight excluding hydrogens is 264 g/mol. The Balaban J connectivity index is 1.93. The lowest BCUT2D eigenvalue weighted by molar-refractivity contribution is 0.00905. The number of hydrogen-bond donors (Lipinski definition) is 1. The molecule has 1 amide bonds. The molecule has 0 spiro atoms. The van der Waals surface area contributed by atoms with Crippen LogP contribution in [-0.4, -0.2) is 36.2 Å². The lowest BCUT2D eigenvalue weighted by Gasteiger charge is -2.38. The van der Waals surface area contributed by atoms with Crippen LogP contribution in [0, 0.1) is 29.1 Å². The van der Waals surface area contributed by atoms with E-state index in [1.807, 2.05) is 25.7 Å². The van der Waals surface area contributed by atoms with Crippen molar-refractivity contribution in [3.63, 3.8) is 0 Å². The first-order valence-electron chi connectivity index (χ1n) is 8.26. The maximum Gasteiger partial charge on any atom is 0.410 e. The number of hydrogen-bond acceptors (Lipinski definition) is 3. The zero-order chi connectivity index (χ0) is 16.0. The fourth-order valence-electron chi connectivity index (χ4n) is 4.28. The predicted octanol–water partition coefficient (Wildman–Crippen LogP) is 3.11. The molecule has 4 unspecified atom stereocenters. The summed E-state index contributed by atoms with van der Waals surface area (Å²) in [5.74, 6) is 2.58. The average Bonchev–Trinajstić information content (AvgIpc) is 2.88. The van der Waals surface area contributed by atoms with E-state index in [9.17, 15) is 4.79 Å². The molecule has 0 bridgehead atoms. The Morgan fingerprint density at radius 2 is 2.00 bits per heavy atom. The van der Waals surface area contributed by atoms with Gasteiger partial charge in [0, 0.05) is 13.1 Å². The molecule has 1 saturated carbocycles. The minimum absolute atomic E-state index is 0.168. The quantitative estimate of drug-likeness (QED) is 0.852. The fraction of sp³-hybridized carbons (Fsp3) is 0.941. The normalized spacial score (nSPS) is 35.5. The first-order chi connectivity index (χ1) is 9.58. The SMILES string of the molecule is CC1CN(C(=O)OC(C)(C)C)CCC1C1C(CN)C1(C)C. The van der Waals surface area contributed by atoms with Crippen LogP contribution in [0.5, 0.6) is 0 Å². The van der Waals surface area contributed by atoms with Crippen LogP contribution in [0.3, 0.4) is 0 Å². The third kappa shape index (κ3) is 3.36. The minimum Gasteiger partial charge on any atom is -0.444 e. The second kappa shape index (κ2) is 5.45. The van der Waals surface area contributed by atoms with E-state index in [4.69, 9.17) is 10.5 Å². The summed E-state index contributed by atoms with van der Waals surface area (Å²) in [5.41, 5.74) is 5.87. The highest BCUT2D eigenvalue weighted by molar-refractivity contribution is 5.68. The van der Waals surface area contributed by atoms with Gasteiger partial charge in [-0.1, -0.05) is 20.8 Å². The smallest absolute Gasteiger partial charge is 0.410 e. The van der Waals surface area contributed by atoms with Crippen molar-refractivity contribution in [2.24, 2.45) is 34.8 Å². The number of amides is 1. The van der Waals surface area contributed by atoms with E-state index in [1.54, 1.807) is 0 Å². The van der Waals surface area contributed by atoms with Gasteiger partial charge < -0.3 is 15.4 Å². The summed E-state index contributed by atoms with van der Waals surface area (Å²) in [4.78, 5) is 14.1. The van der Waals surface area contributed by atoms with E-state index in [1.165, 1.54) is 0 Å². The van der Waals surface area contributed by atoms with Gasteiger partial charge in [-0.25, -0.2) is 4.79 Å². The topological polar surface area (TPSA) is 55.6 Å². The van der Waals surface area contributed by atoms with Crippen LogP contribution in [-0.2, 0) is 4.74 Å². The molecule has 1 heterocycles. The Bertz CT molecular complexity index is 400. The van der Waals surface area contributed by atoms with E-state index in [0.717, 1.165) is 32.0 Å². The van der Waals surface area contributed by atoms with Gasteiger partial charge in [0.2, 0.25) is 0 Å². The molecule has 2 rings (SSSR count). The van der Waals surface area contributed by atoms with Crippen molar-refractivity contribution in [2.45, 2.75) is 53.6 Å². The Morgan fingerprint density at radius 1 is 1.38 bits per heavy atom. The molecule has 1 saturated heterocycles. The highest BCUT2D eigenvalue weighted by Gasteiger charge is 2.60. The highest BCUT2D eigenvalue weighted by atomic mass is 16.6. The van der Waals surface area contributed by atoms with Crippen LogP contribution in [0.2, 0.25) is 0 Å². The van der Waals surface area contributed by atoms with Crippen LogP contribution in [0.4, 0.5) is 4.79 Å². The zero-order valence-electron chi connectivity index (χ0n) is 14.5. The molecule has 2 N–H and O–H groups in total. The number of carbonyl (C=O) groups is 1. The number of ether oxygens (including phenoxy) is 1. The van der Waals surface area contributed by atoms with E-state index in [0.29, 0.717) is 23.2 Å². The summed E-state index contributed by atoms with van der Waals surface area (Å²) in [6.07, 6.45) is 0.906. The summed E-state index contributed by atoms with van der Waals surface area (Å²) < 4.78 is 5.49. The number of nitrogens with two attached hydrogens (primary N) is 1. The molecule has 21 heavy (non-hydrogen) atoms. The van der Waals surface area contributed by atoms with Gasteiger partial charge in [0.05, 0.1) is 0 Å². The van der Waals surface area contributed by atoms with Crippen molar-refractivity contribution >= 4 is 6.09 Å². The van der Waals surface area contributed by atoms with Gasteiger partial charge in [-0.3, -0.25) is 0 Å². The van der Waals surface area contributed by atoms with Gasteiger partial charge in [-0.2, -0.15) is 0 Å².